The van der Waals surface area contributed by atoms with Gasteiger partial charge in [-0.2, -0.15) is 0 Å². The van der Waals surface area contributed by atoms with Crippen LogP contribution in [-0.2, 0) is 11.3 Å². The zero-order chi connectivity index (χ0) is 13.7. The van der Waals surface area contributed by atoms with Crippen molar-refractivity contribution in [2.45, 2.75) is 58.7 Å². The number of nitrogens with zero attached hydrogens (tertiary/aromatic N) is 2. The lowest BCUT2D eigenvalue weighted by atomic mass is 9.85. The number of ether oxygens (including phenoxy) is 1. The third-order valence-electron chi connectivity index (χ3n) is 3.92. The molecule has 1 aliphatic carbocycles. The van der Waals surface area contributed by atoms with Crippen LogP contribution in [0.1, 0.15) is 50.5 Å². The monoisotopic (exact) mass is 263 g/mol. The summed E-state index contributed by atoms with van der Waals surface area (Å²) in [6.07, 6.45) is 6.69. The Morgan fingerprint density at radius 2 is 2.21 bits per heavy atom. The zero-order valence-corrected chi connectivity index (χ0v) is 12.3. The van der Waals surface area contributed by atoms with Crippen molar-refractivity contribution >= 4 is 5.82 Å². The van der Waals surface area contributed by atoms with E-state index in [2.05, 4.69) is 22.2 Å². The van der Waals surface area contributed by atoms with Gasteiger partial charge in [0.2, 0.25) is 0 Å². The van der Waals surface area contributed by atoms with Crippen molar-refractivity contribution in [3.8, 4) is 0 Å². The third-order valence-corrected chi connectivity index (χ3v) is 3.92. The van der Waals surface area contributed by atoms with Gasteiger partial charge in [-0.15, -0.1) is 0 Å². The van der Waals surface area contributed by atoms with E-state index in [0.717, 1.165) is 23.3 Å². The summed E-state index contributed by atoms with van der Waals surface area (Å²) in [5.74, 6) is 2.48. The average molecular weight is 263 g/mol. The summed E-state index contributed by atoms with van der Waals surface area (Å²) in [4.78, 5) is 8.86. The topological polar surface area (TPSA) is 47.0 Å². The van der Waals surface area contributed by atoms with Crippen molar-refractivity contribution in [2.24, 2.45) is 5.92 Å². The number of hydrogen-bond donors (Lipinski definition) is 1. The highest BCUT2D eigenvalue weighted by Crippen LogP contribution is 2.28. The maximum absolute atomic E-state index is 6.00. The Morgan fingerprint density at radius 1 is 1.37 bits per heavy atom. The van der Waals surface area contributed by atoms with Gasteiger partial charge in [0.05, 0.1) is 6.10 Å². The third kappa shape index (κ3) is 4.16. The van der Waals surface area contributed by atoms with Gasteiger partial charge < -0.3 is 10.1 Å². The fraction of sp³-hybridized carbons (Fsp3) is 0.733. The van der Waals surface area contributed by atoms with Crippen molar-refractivity contribution in [2.75, 3.05) is 12.4 Å². The molecule has 4 heteroatoms. The number of nitrogens with one attached hydrogen (secondary N) is 1. The second kappa shape index (κ2) is 6.85. The quantitative estimate of drug-likeness (QED) is 0.885. The molecular weight excluding hydrogens is 238 g/mol. The zero-order valence-electron chi connectivity index (χ0n) is 12.3. The maximum Gasteiger partial charge on any atom is 0.156 e. The molecule has 0 aromatic carbocycles. The second-order valence-electron chi connectivity index (χ2n) is 5.43. The Hall–Kier alpha value is -1.16. The van der Waals surface area contributed by atoms with E-state index in [1.165, 1.54) is 32.1 Å². The van der Waals surface area contributed by atoms with Gasteiger partial charge in [0.15, 0.2) is 5.82 Å². The largest absolute Gasteiger partial charge is 0.373 e. The van der Waals surface area contributed by atoms with Crippen molar-refractivity contribution in [3.63, 3.8) is 0 Å². The molecule has 1 heterocycles. The maximum atomic E-state index is 6.00. The van der Waals surface area contributed by atoms with Crippen molar-refractivity contribution in [1.82, 2.24) is 9.97 Å². The number of anilines is 1. The Bertz CT molecular complexity index is 408. The van der Waals surface area contributed by atoms with E-state index in [0.29, 0.717) is 12.7 Å². The molecule has 106 valence electrons. The molecular formula is C15H25N3O. The van der Waals surface area contributed by atoms with Gasteiger partial charge in [0.1, 0.15) is 12.4 Å². The molecule has 0 saturated heterocycles. The van der Waals surface area contributed by atoms with Crippen LogP contribution in [0.15, 0.2) is 6.07 Å². The van der Waals surface area contributed by atoms with E-state index in [9.17, 15) is 0 Å². The van der Waals surface area contributed by atoms with Gasteiger partial charge in [0.25, 0.3) is 0 Å². The Balaban J connectivity index is 1.89. The SMILES string of the molecule is CCC1CCCC(OCc2nc(C)cc(NC)n2)C1. The highest BCUT2D eigenvalue weighted by molar-refractivity contribution is 5.34. The molecule has 1 aromatic heterocycles. The average Bonchev–Trinajstić information content (AvgIpc) is 2.44. The predicted molar refractivity (Wildman–Crippen MR) is 77.1 cm³/mol. The standard InChI is InChI=1S/C15H25N3O/c1-4-12-6-5-7-13(9-12)19-10-15-17-11(2)8-14(16-3)18-15/h8,12-13H,4-7,9-10H2,1-3H3,(H,16,17,18). The summed E-state index contributed by atoms with van der Waals surface area (Å²) < 4.78 is 6.00. The van der Waals surface area contributed by atoms with E-state index in [1.807, 2.05) is 20.0 Å². The summed E-state index contributed by atoms with van der Waals surface area (Å²) in [6.45, 7) is 4.78. The Labute approximate surface area is 116 Å². The molecule has 2 rings (SSSR count). The molecule has 1 saturated carbocycles. The fourth-order valence-electron chi connectivity index (χ4n) is 2.78. The van der Waals surface area contributed by atoms with Crippen molar-refractivity contribution in [3.05, 3.63) is 17.6 Å². The molecule has 1 fully saturated rings. The summed E-state index contributed by atoms with van der Waals surface area (Å²) in [7, 11) is 1.87. The fourth-order valence-corrected chi connectivity index (χ4v) is 2.78. The van der Waals surface area contributed by atoms with Crippen LogP contribution >= 0.6 is 0 Å². The van der Waals surface area contributed by atoms with Gasteiger partial charge in [0, 0.05) is 18.8 Å². The van der Waals surface area contributed by atoms with Crippen LogP contribution in [-0.4, -0.2) is 23.1 Å². The minimum atomic E-state index is 0.390. The minimum absolute atomic E-state index is 0.390. The van der Waals surface area contributed by atoms with Gasteiger partial charge >= 0.3 is 0 Å². The molecule has 1 aromatic rings. The summed E-state index contributed by atoms with van der Waals surface area (Å²) in [6, 6.07) is 1.94. The van der Waals surface area contributed by atoms with Crippen LogP contribution in [0.25, 0.3) is 0 Å². The minimum Gasteiger partial charge on any atom is -0.373 e. The highest BCUT2D eigenvalue weighted by Gasteiger charge is 2.21. The van der Waals surface area contributed by atoms with Crippen molar-refractivity contribution < 1.29 is 4.74 Å². The van der Waals surface area contributed by atoms with Crippen LogP contribution < -0.4 is 5.32 Å². The predicted octanol–water partition coefficient (Wildman–Crippen LogP) is 3.31. The normalized spacial score (nSPS) is 23.3. The van der Waals surface area contributed by atoms with E-state index in [1.54, 1.807) is 0 Å². The van der Waals surface area contributed by atoms with Crippen LogP contribution in [0.2, 0.25) is 0 Å². The number of hydrogen-bond acceptors (Lipinski definition) is 4. The molecule has 4 nitrogen and oxygen atoms in total. The first kappa shape index (κ1) is 14.3. The van der Waals surface area contributed by atoms with Gasteiger partial charge in [-0.3, -0.25) is 0 Å². The molecule has 0 spiro atoms. The summed E-state index contributed by atoms with van der Waals surface area (Å²) in [5.41, 5.74) is 0.980. The van der Waals surface area contributed by atoms with Gasteiger partial charge in [-0.1, -0.05) is 26.2 Å². The Morgan fingerprint density at radius 3 is 2.95 bits per heavy atom. The first-order valence-corrected chi connectivity index (χ1v) is 7.35. The first-order valence-electron chi connectivity index (χ1n) is 7.35. The number of aryl methyl sites for hydroxylation is 1. The summed E-state index contributed by atoms with van der Waals surface area (Å²) >= 11 is 0. The van der Waals surface area contributed by atoms with E-state index < -0.39 is 0 Å². The van der Waals surface area contributed by atoms with Crippen LogP contribution in [0, 0.1) is 12.8 Å². The molecule has 2 atom stereocenters. The smallest absolute Gasteiger partial charge is 0.156 e. The molecule has 0 aliphatic heterocycles. The van der Waals surface area contributed by atoms with Crippen molar-refractivity contribution in [1.29, 1.82) is 0 Å². The molecule has 0 bridgehead atoms. The van der Waals surface area contributed by atoms with Crippen LogP contribution in [0.3, 0.4) is 0 Å². The van der Waals surface area contributed by atoms with E-state index in [-0.39, 0.29) is 0 Å². The lowest BCUT2D eigenvalue weighted by Gasteiger charge is -2.28. The van der Waals surface area contributed by atoms with E-state index in [4.69, 9.17) is 4.74 Å². The summed E-state index contributed by atoms with van der Waals surface area (Å²) in [5, 5.41) is 3.06. The van der Waals surface area contributed by atoms with Crippen LogP contribution in [0.5, 0.6) is 0 Å². The lowest BCUT2D eigenvalue weighted by Crippen LogP contribution is -2.23. The molecule has 0 amide bonds. The number of rotatable bonds is 5. The molecule has 2 unspecified atom stereocenters. The highest BCUT2D eigenvalue weighted by atomic mass is 16.5. The molecule has 1 N–H and O–H groups in total. The molecule has 0 radical (unpaired) electrons. The van der Waals surface area contributed by atoms with Crippen LogP contribution in [0.4, 0.5) is 5.82 Å². The van der Waals surface area contributed by atoms with Gasteiger partial charge in [-0.05, 0) is 25.7 Å². The molecule has 19 heavy (non-hydrogen) atoms. The lowest BCUT2D eigenvalue weighted by molar-refractivity contribution is -0.00121. The Kier molecular flexibility index (Phi) is 5.14. The van der Waals surface area contributed by atoms with Gasteiger partial charge in [-0.25, -0.2) is 9.97 Å². The number of aromatic nitrogens is 2. The molecule has 1 aliphatic rings. The van der Waals surface area contributed by atoms with E-state index >= 15 is 0 Å². The first-order chi connectivity index (χ1) is 9.21. The second-order valence-corrected chi connectivity index (χ2v) is 5.43.